The van der Waals surface area contributed by atoms with Crippen LogP contribution >= 0.6 is 0 Å². The maximum Gasteiger partial charge on any atom is 0.256 e. The Morgan fingerprint density at radius 1 is 1.40 bits per heavy atom. The lowest BCUT2D eigenvalue weighted by Crippen LogP contribution is -2.61. The van der Waals surface area contributed by atoms with Gasteiger partial charge in [-0.05, 0) is 18.9 Å². The zero-order valence-corrected chi connectivity index (χ0v) is 11.0. The van der Waals surface area contributed by atoms with Gasteiger partial charge in [0.15, 0.2) is 0 Å². The van der Waals surface area contributed by atoms with Crippen molar-refractivity contribution in [3.63, 3.8) is 0 Å². The Morgan fingerprint density at radius 2 is 2.30 bits per heavy atom. The van der Waals surface area contributed by atoms with Crippen LogP contribution in [-0.4, -0.2) is 57.5 Å². The van der Waals surface area contributed by atoms with Crippen molar-refractivity contribution in [2.24, 2.45) is 5.41 Å². The molecular weight excluding hydrogens is 258 g/mol. The number of carbonyl (C=O) groups excluding carboxylic acids is 1. The molecule has 2 aliphatic rings. The van der Waals surface area contributed by atoms with Gasteiger partial charge < -0.3 is 9.64 Å². The van der Waals surface area contributed by atoms with Gasteiger partial charge in [-0.2, -0.15) is 10.3 Å². The number of hydrogen-bond acceptors (Lipinski definition) is 5. The number of pyridine rings is 1. The molecule has 0 unspecified atom stereocenters. The van der Waals surface area contributed by atoms with Crippen molar-refractivity contribution in [1.82, 2.24) is 25.3 Å². The number of H-pyrrole nitrogens is 1. The van der Waals surface area contributed by atoms with Crippen molar-refractivity contribution in [3.8, 4) is 0 Å². The molecule has 0 aliphatic carbocycles. The summed E-state index contributed by atoms with van der Waals surface area (Å²) in [6, 6.07) is 1.70. The quantitative estimate of drug-likeness (QED) is 0.822. The summed E-state index contributed by atoms with van der Waals surface area (Å²) in [4.78, 5) is 18.5. The average Bonchev–Trinajstić information content (AvgIpc) is 2.93. The highest BCUT2D eigenvalue weighted by Crippen LogP contribution is 2.38. The minimum absolute atomic E-state index is 0.00231. The number of aromatic amines is 1. The van der Waals surface area contributed by atoms with E-state index >= 15 is 0 Å². The van der Waals surface area contributed by atoms with Crippen LogP contribution in [-0.2, 0) is 4.74 Å². The summed E-state index contributed by atoms with van der Waals surface area (Å²) >= 11 is 0. The fraction of sp³-hybridized carbons (Fsp3) is 0.538. The number of rotatable bonds is 1. The Kier molecular flexibility index (Phi) is 2.50. The highest BCUT2D eigenvalue weighted by molar-refractivity contribution is 6.04. The normalized spacial score (nSPS) is 21.1. The van der Waals surface area contributed by atoms with Crippen LogP contribution in [0.25, 0.3) is 11.2 Å². The Hall–Kier alpha value is -2.02. The fourth-order valence-electron chi connectivity index (χ4n) is 3.17. The minimum atomic E-state index is 0.00231. The predicted octanol–water partition coefficient (Wildman–Crippen LogP) is 0.605. The van der Waals surface area contributed by atoms with E-state index < -0.39 is 0 Å². The molecule has 4 heterocycles. The summed E-state index contributed by atoms with van der Waals surface area (Å²) < 4.78 is 5.54. The predicted molar refractivity (Wildman–Crippen MR) is 70.1 cm³/mol. The molecule has 0 saturated carbocycles. The Balaban J connectivity index is 1.55. The van der Waals surface area contributed by atoms with Crippen LogP contribution in [0.4, 0.5) is 0 Å². The first kappa shape index (κ1) is 11.8. The van der Waals surface area contributed by atoms with E-state index in [-0.39, 0.29) is 11.3 Å². The lowest BCUT2D eigenvalue weighted by Gasteiger charge is -2.51. The summed E-state index contributed by atoms with van der Waals surface area (Å²) in [5, 5.41) is 10.4. The summed E-state index contributed by atoms with van der Waals surface area (Å²) in [5.41, 5.74) is 1.77. The lowest BCUT2D eigenvalue weighted by atomic mass is 9.75. The van der Waals surface area contributed by atoms with E-state index in [9.17, 15) is 4.79 Å². The van der Waals surface area contributed by atoms with Gasteiger partial charge >= 0.3 is 0 Å². The molecule has 7 heteroatoms. The van der Waals surface area contributed by atoms with Crippen LogP contribution in [0.15, 0.2) is 12.3 Å². The van der Waals surface area contributed by atoms with Crippen LogP contribution in [0.5, 0.6) is 0 Å². The zero-order valence-electron chi connectivity index (χ0n) is 11.0. The highest BCUT2D eigenvalue weighted by Gasteiger charge is 2.46. The molecule has 7 nitrogen and oxygen atoms in total. The smallest absolute Gasteiger partial charge is 0.256 e. The first-order chi connectivity index (χ1) is 9.77. The van der Waals surface area contributed by atoms with Gasteiger partial charge in [0.1, 0.15) is 5.52 Å². The molecule has 1 N–H and O–H groups in total. The van der Waals surface area contributed by atoms with Crippen LogP contribution in [0.3, 0.4) is 0 Å². The maximum atomic E-state index is 12.5. The number of ether oxygens (including phenoxy) is 1. The Labute approximate surface area is 115 Å². The SMILES string of the molecule is O=C(c1ccnc2n[nH]nc12)N1CC2(CCCOC2)C1. The van der Waals surface area contributed by atoms with E-state index in [1.807, 2.05) is 4.90 Å². The number of amides is 1. The maximum absolute atomic E-state index is 12.5. The number of fused-ring (bicyclic) bond motifs is 1. The molecule has 0 radical (unpaired) electrons. The molecule has 4 rings (SSSR count). The van der Waals surface area contributed by atoms with Crippen molar-refractivity contribution >= 4 is 17.1 Å². The summed E-state index contributed by atoms with van der Waals surface area (Å²) in [7, 11) is 0. The first-order valence-corrected chi connectivity index (χ1v) is 6.80. The summed E-state index contributed by atoms with van der Waals surface area (Å²) in [5.74, 6) is 0.00231. The number of nitrogens with one attached hydrogen (secondary N) is 1. The number of nitrogens with zero attached hydrogens (tertiary/aromatic N) is 4. The molecule has 20 heavy (non-hydrogen) atoms. The van der Waals surface area contributed by atoms with Gasteiger partial charge in [0.05, 0.1) is 12.2 Å². The van der Waals surface area contributed by atoms with E-state index in [0.29, 0.717) is 16.7 Å². The number of likely N-dealkylation sites (tertiary alicyclic amines) is 1. The average molecular weight is 273 g/mol. The largest absolute Gasteiger partial charge is 0.381 e. The minimum Gasteiger partial charge on any atom is -0.381 e. The van der Waals surface area contributed by atoms with Crippen molar-refractivity contribution < 1.29 is 9.53 Å². The number of carbonyl (C=O) groups is 1. The standard InChI is InChI=1S/C13H15N5O2/c19-12(9-2-4-14-11-10(9)15-17-16-11)18-6-13(7-18)3-1-5-20-8-13/h2,4H,1,3,5-8H2,(H,14,15,16,17). The molecule has 2 fully saturated rings. The summed E-state index contributed by atoms with van der Waals surface area (Å²) in [6.45, 7) is 3.16. The molecule has 2 aromatic heterocycles. The van der Waals surface area contributed by atoms with Gasteiger partial charge in [-0.3, -0.25) is 4.79 Å². The molecule has 1 amide bonds. The van der Waals surface area contributed by atoms with Crippen molar-refractivity contribution in [3.05, 3.63) is 17.8 Å². The molecule has 2 aromatic rings. The third-order valence-corrected chi connectivity index (χ3v) is 4.20. The topological polar surface area (TPSA) is 84.0 Å². The third kappa shape index (κ3) is 1.70. The first-order valence-electron chi connectivity index (χ1n) is 6.80. The van der Waals surface area contributed by atoms with Crippen LogP contribution in [0.2, 0.25) is 0 Å². The van der Waals surface area contributed by atoms with Gasteiger partial charge in [0, 0.05) is 31.3 Å². The van der Waals surface area contributed by atoms with Gasteiger partial charge in [0.2, 0.25) is 5.65 Å². The highest BCUT2D eigenvalue weighted by atomic mass is 16.5. The van der Waals surface area contributed by atoms with Gasteiger partial charge in [-0.25, -0.2) is 4.98 Å². The molecule has 1 spiro atoms. The third-order valence-electron chi connectivity index (χ3n) is 4.20. The molecule has 0 bridgehead atoms. The van der Waals surface area contributed by atoms with E-state index in [4.69, 9.17) is 4.74 Å². The monoisotopic (exact) mass is 273 g/mol. The molecular formula is C13H15N5O2. The van der Waals surface area contributed by atoms with Crippen molar-refractivity contribution in [1.29, 1.82) is 0 Å². The Morgan fingerprint density at radius 3 is 3.10 bits per heavy atom. The van der Waals surface area contributed by atoms with Gasteiger partial charge in [-0.1, -0.05) is 0 Å². The second kappa shape index (κ2) is 4.24. The second-order valence-electron chi connectivity index (χ2n) is 5.67. The van der Waals surface area contributed by atoms with Crippen LogP contribution in [0, 0.1) is 5.41 Å². The molecule has 0 aromatic carbocycles. The van der Waals surface area contributed by atoms with Crippen LogP contribution in [0.1, 0.15) is 23.2 Å². The van der Waals surface area contributed by atoms with E-state index in [1.54, 1.807) is 12.3 Å². The van der Waals surface area contributed by atoms with Crippen molar-refractivity contribution in [2.45, 2.75) is 12.8 Å². The van der Waals surface area contributed by atoms with Crippen LogP contribution < -0.4 is 0 Å². The zero-order chi connectivity index (χ0) is 13.6. The van der Waals surface area contributed by atoms with Gasteiger partial charge in [-0.15, -0.1) is 5.10 Å². The number of aromatic nitrogens is 4. The fourth-order valence-corrected chi connectivity index (χ4v) is 3.17. The molecule has 104 valence electrons. The number of hydrogen-bond donors (Lipinski definition) is 1. The lowest BCUT2D eigenvalue weighted by molar-refractivity contribution is -0.0862. The molecule has 0 atom stereocenters. The second-order valence-corrected chi connectivity index (χ2v) is 5.67. The van der Waals surface area contributed by atoms with E-state index in [2.05, 4.69) is 20.4 Å². The van der Waals surface area contributed by atoms with Gasteiger partial charge in [0.25, 0.3) is 5.91 Å². The van der Waals surface area contributed by atoms with Crippen molar-refractivity contribution in [2.75, 3.05) is 26.3 Å². The summed E-state index contributed by atoms with van der Waals surface area (Å²) in [6.07, 6.45) is 3.83. The Bertz CT molecular complexity index is 654. The van der Waals surface area contributed by atoms with E-state index in [1.165, 1.54) is 0 Å². The van der Waals surface area contributed by atoms with E-state index in [0.717, 1.165) is 39.1 Å². The molecule has 2 saturated heterocycles. The molecule has 2 aliphatic heterocycles.